The molecule has 8 heteroatoms. The van der Waals surface area contributed by atoms with Crippen LogP contribution in [0.15, 0.2) is 16.6 Å². The van der Waals surface area contributed by atoms with Crippen LogP contribution in [0.3, 0.4) is 0 Å². The maximum atomic E-state index is 12.3. The molecule has 0 fully saturated rings. The fourth-order valence-corrected chi connectivity index (χ4v) is 2.55. The molecule has 2 N–H and O–H groups in total. The van der Waals surface area contributed by atoms with Gasteiger partial charge in [-0.1, -0.05) is 0 Å². The topological polar surface area (TPSA) is 50.7 Å². The van der Waals surface area contributed by atoms with Crippen LogP contribution in [-0.4, -0.2) is 37.6 Å². The fraction of sp³-hybridized carbons (Fsp3) is 0.538. The lowest BCUT2D eigenvalue weighted by atomic mass is 10.1. The van der Waals surface area contributed by atoms with E-state index in [-0.39, 0.29) is 0 Å². The van der Waals surface area contributed by atoms with Gasteiger partial charge in [-0.2, -0.15) is 13.2 Å². The van der Waals surface area contributed by atoms with Gasteiger partial charge >= 0.3 is 6.18 Å². The zero-order chi connectivity index (χ0) is 15.5. The number of ether oxygens (including phenoxy) is 2. The third-order valence-corrected chi connectivity index (χ3v) is 3.55. The lowest BCUT2D eigenvalue weighted by Crippen LogP contribution is -2.33. The molecule has 0 saturated heterocycles. The summed E-state index contributed by atoms with van der Waals surface area (Å²) < 4.78 is 48.5. The van der Waals surface area contributed by atoms with Crippen molar-refractivity contribution in [3.63, 3.8) is 0 Å². The highest BCUT2D eigenvalue weighted by Gasteiger charge is 2.29. The van der Waals surface area contributed by atoms with Gasteiger partial charge in [0.15, 0.2) is 11.5 Å². The molecule has 4 nitrogen and oxygen atoms in total. The second kappa shape index (κ2) is 6.85. The van der Waals surface area contributed by atoms with Crippen LogP contribution >= 0.6 is 15.9 Å². The van der Waals surface area contributed by atoms with Crippen LogP contribution in [0.2, 0.25) is 0 Å². The van der Waals surface area contributed by atoms with E-state index in [2.05, 4.69) is 21.2 Å². The Morgan fingerprint density at radius 3 is 2.67 bits per heavy atom. The first kappa shape index (κ1) is 16.4. The molecular formula is C13H15BrF3NO3. The van der Waals surface area contributed by atoms with Gasteiger partial charge in [0, 0.05) is 6.42 Å². The molecule has 0 spiro atoms. The molecule has 21 heavy (non-hydrogen) atoms. The number of nitrogens with one attached hydrogen (secondary N) is 1. The number of alkyl halides is 3. The first-order chi connectivity index (χ1) is 9.90. The van der Waals surface area contributed by atoms with Gasteiger partial charge in [-0.15, -0.1) is 0 Å². The summed E-state index contributed by atoms with van der Waals surface area (Å²) in [7, 11) is 0. The van der Waals surface area contributed by atoms with E-state index in [9.17, 15) is 18.3 Å². The summed E-state index contributed by atoms with van der Waals surface area (Å²) in [5, 5.41) is 11.6. The van der Waals surface area contributed by atoms with Gasteiger partial charge in [0.05, 0.1) is 36.9 Å². The molecule has 1 unspecified atom stereocenters. The first-order valence-electron chi connectivity index (χ1n) is 6.41. The molecule has 0 amide bonds. The minimum absolute atomic E-state index is 0.456. The van der Waals surface area contributed by atoms with Crippen LogP contribution in [0.1, 0.15) is 18.0 Å². The van der Waals surface area contributed by atoms with Crippen molar-refractivity contribution in [3.05, 3.63) is 22.2 Å². The lowest BCUT2D eigenvalue weighted by molar-refractivity contribution is -0.126. The van der Waals surface area contributed by atoms with Gasteiger partial charge < -0.3 is 14.6 Å². The van der Waals surface area contributed by atoms with Gasteiger partial charge in [-0.25, -0.2) is 0 Å². The summed E-state index contributed by atoms with van der Waals surface area (Å²) in [4.78, 5) is 0. The molecule has 0 radical (unpaired) electrons. The Morgan fingerprint density at radius 1 is 1.29 bits per heavy atom. The maximum Gasteiger partial charge on any atom is 0.401 e. The Bertz CT molecular complexity index is 496. The van der Waals surface area contributed by atoms with Crippen LogP contribution in [-0.2, 0) is 0 Å². The van der Waals surface area contributed by atoms with Crippen molar-refractivity contribution in [1.29, 1.82) is 0 Å². The summed E-state index contributed by atoms with van der Waals surface area (Å²) in [6.07, 6.45) is -3.61. The number of rotatable bonds is 4. The van der Waals surface area contributed by atoms with Crippen LogP contribution < -0.4 is 14.8 Å². The number of hydrogen-bond acceptors (Lipinski definition) is 4. The third kappa shape index (κ3) is 4.49. The first-order valence-corrected chi connectivity index (χ1v) is 7.20. The fourth-order valence-electron chi connectivity index (χ4n) is 1.98. The van der Waals surface area contributed by atoms with Crippen LogP contribution in [0, 0.1) is 0 Å². The predicted molar refractivity (Wildman–Crippen MR) is 73.6 cm³/mol. The van der Waals surface area contributed by atoms with E-state index in [0.717, 1.165) is 6.42 Å². The van der Waals surface area contributed by atoms with Crippen molar-refractivity contribution in [2.75, 3.05) is 26.4 Å². The Hall–Kier alpha value is -0.990. The molecule has 0 aromatic heterocycles. The number of hydrogen-bond donors (Lipinski definition) is 2. The smallest absolute Gasteiger partial charge is 0.401 e. The Balaban J connectivity index is 2.21. The molecule has 0 bridgehead atoms. The van der Waals surface area contributed by atoms with E-state index in [0.29, 0.717) is 34.7 Å². The van der Waals surface area contributed by atoms with E-state index in [4.69, 9.17) is 9.47 Å². The molecule has 1 aromatic carbocycles. The second-order valence-electron chi connectivity index (χ2n) is 4.61. The molecule has 1 atom stereocenters. The zero-order valence-corrected chi connectivity index (χ0v) is 12.6. The Kier molecular flexibility index (Phi) is 5.34. The summed E-state index contributed by atoms with van der Waals surface area (Å²) in [5.41, 5.74) is 0.498. The molecule has 1 aliphatic rings. The highest BCUT2D eigenvalue weighted by molar-refractivity contribution is 9.10. The Morgan fingerprint density at radius 2 is 2.00 bits per heavy atom. The monoisotopic (exact) mass is 369 g/mol. The average molecular weight is 370 g/mol. The third-order valence-electron chi connectivity index (χ3n) is 2.96. The highest BCUT2D eigenvalue weighted by atomic mass is 79.9. The normalized spacial score (nSPS) is 16.4. The van der Waals surface area contributed by atoms with E-state index < -0.39 is 25.4 Å². The van der Waals surface area contributed by atoms with Crippen molar-refractivity contribution in [2.24, 2.45) is 0 Å². The summed E-state index contributed by atoms with van der Waals surface area (Å²) in [6.45, 7) is -0.643. The molecule has 2 rings (SSSR count). The predicted octanol–water partition coefficient (Wildman–Crippen LogP) is 2.80. The van der Waals surface area contributed by atoms with Gasteiger partial charge in [0.2, 0.25) is 0 Å². The van der Waals surface area contributed by atoms with Crippen LogP contribution in [0.4, 0.5) is 13.2 Å². The maximum absolute atomic E-state index is 12.3. The van der Waals surface area contributed by atoms with Crippen molar-refractivity contribution in [3.8, 4) is 11.5 Å². The standard InChI is InChI=1S/C13H15BrF3NO3/c14-9-4-8(10(6-19)18-7-13(15,16)17)5-11-12(9)21-3-1-2-20-11/h4-5,10,18-19H,1-3,6-7H2. The number of halogens is 4. The molecule has 1 aromatic rings. The zero-order valence-electron chi connectivity index (χ0n) is 11.0. The number of fused-ring (bicyclic) bond motifs is 1. The largest absolute Gasteiger partial charge is 0.490 e. The minimum Gasteiger partial charge on any atom is -0.490 e. The molecule has 1 heterocycles. The molecule has 0 aliphatic carbocycles. The molecule has 0 saturated carbocycles. The van der Waals surface area contributed by atoms with E-state index in [1.807, 2.05) is 0 Å². The highest BCUT2D eigenvalue weighted by Crippen LogP contribution is 2.39. The number of aliphatic hydroxyl groups is 1. The minimum atomic E-state index is -4.34. The van der Waals surface area contributed by atoms with Crippen LogP contribution in [0.5, 0.6) is 11.5 Å². The van der Waals surface area contributed by atoms with Gasteiger partial charge in [0.25, 0.3) is 0 Å². The molecule has 1 aliphatic heterocycles. The quantitative estimate of drug-likeness (QED) is 0.856. The van der Waals surface area contributed by atoms with E-state index in [1.165, 1.54) is 0 Å². The van der Waals surface area contributed by atoms with Gasteiger partial charge in [-0.3, -0.25) is 5.32 Å². The van der Waals surface area contributed by atoms with Crippen molar-refractivity contribution in [2.45, 2.75) is 18.6 Å². The summed E-state index contributed by atoms with van der Waals surface area (Å²) in [5.74, 6) is 0.993. The summed E-state index contributed by atoms with van der Waals surface area (Å²) in [6, 6.07) is 2.38. The Labute approximate surface area is 128 Å². The van der Waals surface area contributed by atoms with Crippen LogP contribution in [0.25, 0.3) is 0 Å². The summed E-state index contributed by atoms with van der Waals surface area (Å²) >= 11 is 3.32. The number of aliphatic hydroxyl groups excluding tert-OH is 1. The molecular weight excluding hydrogens is 355 g/mol. The van der Waals surface area contributed by atoms with Gasteiger partial charge in [0.1, 0.15) is 0 Å². The van der Waals surface area contributed by atoms with E-state index in [1.54, 1.807) is 12.1 Å². The average Bonchev–Trinajstić information content (AvgIpc) is 2.64. The van der Waals surface area contributed by atoms with Crippen molar-refractivity contribution >= 4 is 15.9 Å². The second-order valence-corrected chi connectivity index (χ2v) is 5.47. The SMILES string of the molecule is OCC(NCC(F)(F)F)c1cc(Br)c2c(c1)OCCCO2. The van der Waals surface area contributed by atoms with E-state index >= 15 is 0 Å². The lowest BCUT2D eigenvalue weighted by Gasteiger charge is -2.20. The molecule has 118 valence electrons. The van der Waals surface area contributed by atoms with Gasteiger partial charge in [-0.05, 0) is 33.6 Å². The van der Waals surface area contributed by atoms with Crippen molar-refractivity contribution < 1.29 is 27.8 Å². The number of benzene rings is 1. The van der Waals surface area contributed by atoms with Crippen molar-refractivity contribution in [1.82, 2.24) is 5.32 Å².